The molecule has 88 valence electrons. The molecule has 0 fully saturated rings. The summed E-state index contributed by atoms with van der Waals surface area (Å²) in [4.78, 5) is 4.84. The second-order valence-corrected chi connectivity index (χ2v) is 4.99. The molecule has 0 bridgehead atoms. The van der Waals surface area contributed by atoms with Crippen LogP contribution in [0.1, 0.15) is 56.0 Å². The quantitative estimate of drug-likeness (QED) is 0.768. The molecule has 2 heteroatoms. The van der Waals surface area contributed by atoms with Gasteiger partial charge in [0.2, 0.25) is 0 Å². The number of hydrogen-bond donors (Lipinski definition) is 1. The van der Waals surface area contributed by atoms with E-state index < -0.39 is 0 Å². The molecule has 1 heterocycles. The van der Waals surface area contributed by atoms with Crippen molar-refractivity contribution < 1.29 is 0 Å². The second-order valence-electron chi connectivity index (χ2n) is 4.99. The van der Waals surface area contributed by atoms with Gasteiger partial charge in [0, 0.05) is 24.1 Å². The molecule has 1 aliphatic carbocycles. The maximum absolute atomic E-state index is 4.84. The number of anilines is 1. The van der Waals surface area contributed by atoms with Crippen LogP contribution in [0.4, 0.5) is 5.69 Å². The van der Waals surface area contributed by atoms with Crippen LogP contribution in [0.3, 0.4) is 0 Å². The summed E-state index contributed by atoms with van der Waals surface area (Å²) in [5.41, 5.74) is 5.33. The van der Waals surface area contributed by atoms with Gasteiger partial charge < -0.3 is 5.32 Å². The fraction of sp³-hybridized carbons (Fsp3) is 0.643. The van der Waals surface area contributed by atoms with Crippen LogP contribution in [0.5, 0.6) is 0 Å². The first-order valence-corrected chi connectivity index (χ1v) is 6.43. The zero-order valence-electron chi connectivity index (χ0n) is 10.6. The van der Waals surface area contributed by atoms with Crippen LogP contribution in [-0.2, 0) is 12.8 Å². The smallest absolute Gasteiger partial charge is 0.0459 e. The van der Waals surface area contributed by atoms with Crippen LogP contribution in [0.2, 0.25) is 0 Å². The van der Waals surface area contributed by atoms with Crippen molar-refractivity contribution >= 4 is 5.69 Å². The maximum atomic E-state index is 4.84. The van der Waals surface area contributed by atoms with E-state index >= 15 is 0 Å². The van der Waals surface area contributed by atoms with Gasteiger partial charge in [-0.2, -0.15) is 0 Å². The first-order chi connectivity index (χ1) is 7.72. The van der Waals surface area contributed by atoms with Crippen molar-refractivity contribution in [1.82, 2.24) is 4.98 Å². The molecule has 0 aromatic carbocycles. The SMILES string of the molecule is CNc1cc(C(C)C)nc2c1CCCCC2. The minimum Gasteiger partial charge on any atom is -0.388 e. The van der Waals surface area contributed by atoms with E-state index in [1.165, 1.54) is 48.3 Å². The standard InChI is InChI=1S/C14H22N2/c1-10(2)13-9-14(15-3)11-7-5-4-6-8-12(11)16-13/h9-10H,4-8H2,1-3H3,(H,15,16). The lowest BCUT2D eigenvalue weighted by molar-refractivity contribution is 0.706. The van der Waals surface area contributed by atoms with Gasteiger partial charge in [0.25, 0.3) is 0 Å². The molecule has 0 saturated carbocycles. The van der Waals surface area contributed by atoms with E-state index in [1.807, 2.05) is 7.05 Å². The lowest BCUT2D eigenvalue weighted by Gasteiger charge is -2.15. The van der Waals surface area contributed by atoms with Crippen LogP contribution in [0, 0.1) is 0 Å². The Bertz CT molecular complexity index is 369. The molecule has 1 aliphatic rings. The Kier molecular flexibility index (Phi) is 3.47. The van der Waals surface area contributed by atoms with Crippen LogP contribution in [0.25, 0.3) is 0 Å². The third-order valence-electron chi connectivity index (χ3n) is 3.43. The summed E-state index contributed by atoms with van der Waals surface area (Å²) in [5.74, 6) is 0.514. The van der Waals surface area contributed by atoms with Crippen LogP contribution >= 0.6 is 0 Å². The zero-order valence-corrected chi connectivity index (χ0v) is 10.6. The van der Waals surface area contributed by atoms with E-state index in [0.29, 0.717) is 5.92 Å². The molecule has 0 saturated heterocycles. The predicted molar refractivity (Wildman–Crippen MR) is 69.1 cm³/mol. The van der Waals surface area contributed by atoms with Gasteiger partial charge in [-0.15, -0.1) is 0 Å². The number of fused-ring (bicyclic) bond motifs is 1. The minimum absolute atomic E-state index is 0.514. The molecule has 0 amide bonds. The van der Waals surface area contributed by atoms with Crippen LogP contribution < -0.4 is 5.32 Å². The number of nitrogens with one attached hydrogen (secondary N) is 1. The van der Waals surface area contributed by atoms with Crippen molar-refractivity contribution in [2.75, 3.05) is 12.4 Å². The Balaban J connectivity index is 2.46. The van der Waals surface area contributed by atoms with E-state index in [4.69, 9.17) is 4.98 Å². The Hall–Kier alpha value is -1.05. The highest BCUT2D eigenvalue weighted by atomic mass is 14.8. The summed E-state index contributed by atoms with van der Waals surface area (Å²) in [6.07, 6.45) is 6.30. The zero-order chi connectivity index (χ0) is 11.5. The average Bonchev–Trinajstić information content (AvgIpc) is 2.52. The Labute approximate surface area is 98.5 Å². The van der Waals surface area contributed by atoms with E-state index in [1.54, 1.807) is 0 Å². The largest absolute Gasteiger partial charge is 0.388 e. The summed E-state index contributed by atoms with van der Waals surface area (Å²) in [5, 5.41) is 3.34. The van der Waals surface area contributed by atoms with Gasteiger partial charge >= 0.3 is 0 Å². The Morgan fingerprint density at radius 3 is 2.62 bits per heavy atom. The number of aryl methyl sites for hydroxylation is 1. The van der Waals surface area contributed by atoms with Crippen molar-refractivity contribution in [2.45, 2.75) is 51.9 Å². The van der Waals surface area contributed by atoms with Gasteiger partial charge in [-0.1, -0.05) is 20.3 Å². The number of aromatic nitrogens is 1. The summed E-state index contributed by atoms with van der Waals surface area (Å²) >= 11 is 0. The molecule has 0 unspecified atom stereocenters. The molecule has 1 N–H and O–H groups in total. The number of nitrogens with zero attached hydrogens (tertiary/aromatic N) is 1. The number of pyridine rings is 1. The topological polar surface area (TPSA) is 24.9 Å². The van der Waals surface area contributed by atoms with Crippen molar-refractivity contribution in [1.29, 1.82) is 0 Å². The molecule has 0 spiro atoms. The highest BCUT2D eigenvalue weighted by Crippen LogP contribution is 2.28. The van der Waals surface area contributed by atoms with Crippen LogP contribution in [-0.4, -0.2) is 12.0 Å². The monoisotopic (exact) mass is 218 g/mol. The van der Waals surface area contributed by atoms with Crippen molar-refractivity contribution in [3.05, 3.63) is 23.0 Å². The van der Waals surface area contributed by atoms with E-state index in [0.717, 1.165) is 6.42 Å². The van der Waals surface area contributed by atoms with Gasteiger partial charge in [0.05, 0.1) is 0 Å². The summed E-state index contributed by atoms with van der Waals surface area (Å²) in [7, 11) is 2.02. The number of hydrogen-bond acceptors (Lipinski definition) is 2. The average molecular weight is 218 g/mol. The summed E-state index contributed by atoms with van der Waals surface area (Å²) in [6.45, 7) is 4.43. The Morgan fingerprint density at radius 2 is 1.94 bits per heavy atom. The molecule has 2 nitrogen and oxygen atoms in total. The Morgan fingerprint density at radius 1 is 1.19 bits per heavy atom. The lowest BCUT2D eigenvalue weighted by atomic mass is 10.0. The first kappa shape index (κ1) is 11.4. The maximum Gasteiger partial charge on any atom is 0.0459 e. The third kappa shape index (κ3) is 2.21. The molecule has 16 heavy (non-hydrogen) atoms. The predicted octanol–water partition coefficient (Wildman–Crippen LogP) is 3.52. The van der Waals surface area contributed by atoms with Crippen molar-refractivity contribution in [3.63, 3.8) is 0 Å². The summed E-state index contributed by atoms with van der Waals surface area (Å²) in [6, 6.07) is 2.23. The lowest BCUT2D eigenvalue weighted by Crippen LogP contribution is -2.06. The van der Waals surface area contributed by atoms with Gasteiger partial charge in [0.15, 0.2) is 0 Å². The molecule has 0 radical (unpaired) electrons. The highest BCUT2D eigenvalue weighted by Gasteiger charge is 2.15. The van der Waals surface area contributed by atoms with Crippen LogP contribution in [0.15, 0.2) is 6.07 Å². The molecular formula is C14H22N2. The third-order valence-corrected chi connectivity index (χ3v) is 3.43. The van der Waals surface area contributed by atoms with Gasteiger partial charge in [-0.25, -0.2) is 0 Å². The first-order valence-electron chi connectivity index (χ1n) is 6.43. The molecule has 1 aromatic heterocycles. The van der Waals surface area contributed by atoms with Gasteiger partial charge in [0.1, 0.15) is 0 Å². The fourth-order valence-electron chi connectivity index (χ4n) is 2.42. The fourth-order valence-corrected chi connectivity index (χ4v) is 2.42. The molecule has 2 rings (SSSR count). The van der Waals surface area contributed by atoms with Gasteiger partial charge in [-0.05, 0) is 43.2 Å². The number of rotatable bonds is 2. The molecule has 1 aromatic rings. The summed E-state index contributed by atoms with van der Waals surface area (Å²) < 4.78 is 0. The molecule has 0 aliphatic heterocycles. The van der Waals surface area contributed by atoms with E-state index in [2.05, 4.69) is 25.2 Å². The van der Waals surface area contributed by atoms with Gasteiger partial charge in [-0.3, -0.25) is 4.98 Å². The molecule has 0 atom stereocenters. The van der Waals surface area contributed by atoms with E-state index in [-0.39, 0.29) is 0 Å². The normalized spacial score (nSPS) is 15.8. The van der Waals surface area contributed by atoms with E-state index in [9.17, 15) is 0 Å². The van der Waals surface area contributed by atoms with Crippen molar-refractivity contribution in [2.24, 2.45) is 0 Å². The minimum atomic E-state index is 0.514. The van der Waals surface area contributed by atoms with Crippen molar-refractivity contribution in [3.8, 4) is 0 Å². The molecular weight excluding hydrogens is 196 g/mol. The highest BCUT2D eigenvalue weighted by molar-refractivity contribution is 5.54. The second kappa shape index (κ2) is 4.86.